The first-order chi connectivity index (χ1) is 19.2. The molecule has 2 amide bonds. The maximum absolute atomic E-state index is 13.9. The molecule has 0 radical (unpaired) electrons. The standard InChI is InChI=1S/C32H43N5O3/c1-22(2)28-20-29(34-33-28)32(39)36-18-17-35(23(3)4)15-8-16-37(31-24(5)9-7-10-26(31)21-36)30(38)19-25-11-13-27(40-6)14-12-25/h7,9-14,20,22-23H,8,15-19,21H2,1-6H3,(H,33,34). The number of fused-ring (bicyclic) bond motifs is 1. The summed E-state index contributed by atoms with van der Waals surface area (Å²) in [5, 5.41) is 7.38. The van der Waals surface area contributed by atoms with Crippen molar-refractivity contribution in [3.63, 3.8) is 0 Å². The summed E-state index contributed by atoms with van der Waals surface area (Å²) in [4.78, 5) is 33.9. The molecule has 2 heterocycles. The number of aromatic nitrogens is 2. The van der Waals surface area contributed by atoms with Crippen LogP contribution in [-0.2, 0) is 17.8 Å². The molecule has 0 atom stereocenters. The van der Waals surface area contributed by atoms with Gasteiger partial charge in [-0.2, -0.15) is 5.10 Å². The van der Waals surface area contributed by atoms with Gasteiger partial charge in [0.05, 0.1) is 19.2 Å². The molecular formula is C32H43N5O3. The predicted molar refractivity (Wildman–Crippen MR) is 159 cm³/mol. The number of nitrogens with one attached hydrogen (secondary N) is 1. The molecule has 8 nitrogen and oxygen atoms in total. The highest BCUT2D eigenvalue weighted by molar-refractivity contribution is 5.97. The van der Waals surface area contributed by atoms with Crippen molar-refractivity contribution < 1.29 is 14.3 Å². The number of amides is 2. The average Bonchev–Trinajstić information content (AvgIpc) is 3.42. The van der Waals surface area contributed by atoms with Crippen LogP contribution in [0.2, 0.25) is 0 Å². The largest absolute Gasteiger partial charge is 0.497 e. The van der Waals surface area contributed by atoms with E-state index < -0.39 is 0 Å². The highest BCUT2D eigenvalue weighted by Gasteiger charge is 2.27. The van der Waals surface area contributed by atoms with E-state index in [0.717, 1.165) is 53.3 Å². The number of nitrogens with zero attached hydrogens (tertiary/aromatic N) is 4. The van der Waals surface area contributed by atoms with Gasteiger partial charge in [0.1, 0.15) is 11.4 Å². The normalized spacial score (nSPS) is 15.2. The molecule has 0 fully saturated rings. The van der Waals surface area contributed by atoms with Crippen molar-refractivity contribution in [2.45, 2.75) is 66.0 Å². The molecule has 1 N–H and O–H groups in total. The smallest absolute Gasteiger partial charge is 0.274 e. The monoisotopic (exact) mass is 545 g/mol. The van der Waals surface area contributed by atoms with Crippen LogP contribution in [0.5, 0.6) is 5.75 Å². The number of methoxy groups -OCH3 is 1. The second-order valence-electron chi connectivity index (χ2n) is 11.2. The van der Waals surface area contributed by atoms with Gasteiger partial charge >= 0.3 is 0 Å². The number of aromatic amines is 1. The van der Waals surface area contributed by atoms with Crippen molar-refractivity contribution in [1.82, 2.24) is 20.0 Å². The van der Waals surface area contributed by atoms with Gasteiger partial charge < -0.3 is 14.5 Å². The average molecular weight is 546 g/mol. The summed E-state index contributed by atoms with van der Waals surface area (Å²) in [6.45, 7) is 13.7. The van der Waals surface area contributed by atoms with Crippen molar-refractivity contribution in [2.75, 3.05) is 38.2 Å². The molecule has 0 saturated carbocycles. The Labute approximate surface area is 238 Å². The fraction of sp³-hybridized carbons (Fsp3) is 0.469. The van der Waals surface area contributed by atoms with Crippen LogP contribution >= 0.6 is 0 Å². The maximum atomic E-state index is 13.9. The van der Waals surface area contributed by atoms with Crippen molar-refractivity contribution in [2.24, 2.45) is 0 Å². The van der Waals surface area contributed by atoms with E-state index in [4.69, 9.17) is 4.74 Å². The molecule has 1 aromatic heterocycles. The van der Waals surface area contributed by atoms with Crippen LogP contribution in [0.15, 0.2) is 48.5 Å². The number of hydrogen-bond acceptors (Lipinski definition) is 5. The highest BCUT2D eigenvalue weighted by Crippen LogP contribution is 2.29. The quantitative estimate of drug-likeness (QED) is 0.462. The van der Waals surface area contributed by atoms with E-state index in [2.05, 4.69) is 42.8 Å². The number of H-pyrrole nitrogens is 1. The summed E-state index contributed by atoms with van der Waals surface area (Å²) in [5.41, 5.74) is 5.20. The summed E-state index contributed by atoms with van der Waals surface area (Å²) < 4.78 is 5.29. The number of ether oxygens (including phenoxy) is 1. The lowest BCUT2D eigenvalue weighted by molar-refractivity contribution is -0.118. The van der Waals surface area contributed by atoms with E-state index in [1.807, 2.05) is 65.3 Å². The van der Waals surface area contributed by atoms with Crippen LogP contribution in [0.3, 0.4) is 0 Å². The van der Waals surface area contributed by atoms with Gasteiger partial charge in [-0.15, -0.1) is 0 Å². The summed E-state index contributed by atoms with van der Waals surface area (Å²) >= 11 is 0. The van der Waals surface area contributed by atoms with Crippen molar-refractivity contribution in [3.05, 3.63) is 76.6 Å². The molecule has 1 aliphatic rings. The van der Waals surface area contributed by atoms with Gasteiger partial charge in [-0.1, -0.05) is 44.2 Å². The van der Waals surface area contributed by atoms with Gasteiger partial charge in [0, 0.05) is 44.5 Å². The second-order valence-corrected chi connectivity index (χ2v) is 11.2. The van der Waals surface area contributed by atoms with Crippen LogP contribution < -0.4 is 9.64 Å². The first-order valence-corrected chi connectivity index (χ1v) is 14.3. The van der Waals surface area contributed by atoms with Gasteiger partial charge in [0.2, 0.25) is 5.91 Å². The molecule has 8 heteroatoms. The number of hydrogen-bond donors (Lipinski definition) is 1. The van der Waals surface area contributed by atoms with E-state index in [1.54, 1.807) is 7.11 Å². The Balaban J connectivity index is 1.70. The Kier molecular flexibility index (Phi) is 9.63. The summed E-state index contributed by atoms with van der Waals surface area (Å²) in [6.07, 6.45) is 1.13. The zero-order valence-corrected chi connectivity index (χ0v) is 24.7. The van der Waals surface area contributed by atoms with Gasteiger partial charge in [-0.3, -0.25) is 19.6 Å². The number of rotatable bonds is 6. The lowest BCUT2D eigenvalue weighted by atomic mass is 10.0. The number of benzene rings is 2. The zero-order valence-electron chi connectivity index (χ0n) is 24.7. The Morgan fingerprint density at radius 1 is 1.00 bits per heavy atom. The Hall–Kier alpha value is -3.65. The van der Waals surface area contributed by atoms with Gasteiger partial charge in [0.15, 0.2) is 0 Å². The minimum absolute atomic E-state index is 0.0443. The minimum Gasteiger partial charge on any atom is -0.497 e. The molecule has 2 aromatic carbocycles. The molecule has 3 aromatic rings. The third-order valence-corrected chi connectivity index (χ3v) is 7.71. The van der Waals surface area contributed by atoms with Crippen molar-refractivity contribution in [3.8, 4) is 5.75 Å². The van der Waals surface area contributed by atoms with Crippen molar-refractivity contribution in [1.29, 1.82) is 0 Å². The lowest BCUT2D eigenvalue weighted by Gasteiger charge is -2.29. The molecule has 0 aliphatic carbocycles. The minimum atomic E-state index is -0.102. The highest BCUT2D eigenvalue weighted by atomic mass is 16.5. The van der Waals surface area contributed by atoms with Gasteiger partial charge in [0.25, 0.3) is 5.91 Å². The van der Waals surface area contributed by atoms with Crippen LogP contribution in [-0.4, -0.2) is 71.1 Å². The molecule has 1 aliphatic heterocycles. The third-order valence-electron chi connectivity index (χ3n) is 7.71. The molecule has 4 rings (SSSR count). The lowest BCUT2D eigenvalue weighted by Crippen LogP contribution is -2.41. The van der Waals surface area contributed by atoms with E-state index in [-0.39, 0.29) is 17.7 Å². The zero-order chi connectivity index (χ0) is 28.8. The van der Waals surface area contributed by atoms with E-state index in [9.17, 15) is 9.59 Å². The Morgan fingerprint density at radius 3 is 2.40 bits per heavy atom. The van der Waals surface area contributed by atoms with Crippen LogP contribution in [0.25, 0.3) is 0 Å². The number of carbonyl (C=O) groups excluding carboxylic acids is 2. The second kappa shape index (κ2) is 13.1. The number of anilines is 1. The summed E-state index contributed by atoms with van der Waals surface area (Å²) in [5.74, 6) is 0.961. The predicted octanol–water partition coefficient (Wildman–Crippen LogP) is 5.18. The first-order valence-electron chi connectivity index (χ1n) is 14.3. The number of aryl methyl sites for hydroxylation is 1. The molecule has 40 heavy (non-hydrogen) atoms. The van der Waals surface area contributed by atoms with Crippen LogP contribution in [0.1, 0.15) is 72.9 Å². The SMILES string of the molecule is COc1ccc(CC(=O)N2CCCN(C(C)C)CCN(C(=O)c3cc(C(C)C)[nH]n3)Cc3cccc(C)c32)cc1. The summed E-state index contributed by atoms with van der Waals surface area (Å²) in [7, 11) is 1.64. The molecule has 0 unspecified atom stereocenters. The number of carbonyl (C=O) groups is 2. The van der Waals surface area contributed by atoms with E-state index in [0.29, 0.717) is 37.8 Å². The van der Waals surface area contributed by atoms with Gasteiger partial charge in [-0.05, 0) is 68.0 Å². The molecular weight excluding hydrogens is 502 g/mol. The van der Waals surface area contributed by atoms with E-state index in [1.165, 1.54) is 0 Å². The third kappa shape index (κ3) is 6.91. The Bertz CT molecular complexity index is 1300. The molecule has 0 spiro atoms. The van der Waals surface area contributed by atoms with Crippen LogP contribution in [0.4, 0.5) is 5.69 Å². The Morgan fingerprint density at radius 2 is 1.75 bits per heavy atom. The number of para-hydroxylation sites is 1. The van der Waals surface area contributed by atoms with Gasteiger partial charge in [-0.25, -0.2) is 0 Å². The molecule has 0 saturated heterocycles. The van der Waals surface area contributed by atoms with Crippen LogP contribution in [0, 0.1) is 6.92 Å². The molecule has 0 bridgehead atoms. The topological polar surface area (TPSA) is 81.8 Å². The fourth-order valence-electron chi connectivity index (χ4n) is 5.28. The first kappa shape index (κ1) is 29.3. The fourth-order valence-corrected chi connectivity index (χ4v) is 5.28. The summed E-state index contributed by atoms with van der Waals surface area (Å²) in [6, 6.07) is 15.9. The maximum Gasteiger partial charge on any atom is 0.274 e. The van der Waals surface area contributed by atoms with E-state index >= 15 is 0 Å². The van der Waals surface area contributed by atoms with Crippen molar-refractivity contribution >= 4 is 17.5 Å². The molecule has 214 valence electrons.